The minimum atomic E-state index is 0.293. The third kappa shape index (κ3) is 3.37. The van der Waals surface area contributed by atoms with E-state index in [1.165, 1.54) is 0 Å². The van der Waals surface area contributed by atoms with Gasteiger partial charge in [-0.2, -0.15) is 0 Å². The highest BCUT2D eigenvalue weighted by Crippen LogP contribution is 2.28. The maximum Gasteiger partial charge on any atom is 0.121 e. The van der Waals surface area contributed by atoms with Gasteiger partial charge in [-0.05, 0) is 44.0 Å². The number of aromatic hydroxyl groups is 1. The van der Waals surface area contributed by atoms with E-state index in [0.29, 0.717) is 16.7 Å². The Morgan fingerprint density at radius 3 is 2.72 bits per heavy atom. The first-order chi connectivity index (χ1) is 8.70. The Kier molecular flexibility index (Phi) is 4.87. The molecule has 0 aromatic heterocycles. The van der Waals surface area contributed by atoms with Gasteiger partial charge in [-0.3, -0.25) is 4.90 Å². The topological polar surface area (TPSA) is 32.7 Å². The summed E-state index contributed by atoms with van der Waals surface area (Å²) in [5, 5.41) is 10.5. The molecule has 4 heteroatoms. The molecule has 0 amide bonds. The van der Waals surface area contributed by atoms with E-state index in [1.807, 2.05) is 6.07 Å². The molecule has 0 unspecified atom stereocenters. The summed E-state index contributed by atoms with van der Waals surface area (Å²) in [5.41, 5.74) is 0.837. The lowest BCUT2D eigenvalue weighted by Gasteiger charge is -2.31. The summed E-state index contributed by atoms with van der Waals surface area (Å²) in [4.78, 5) is 2.34. The van der Waals surface area contributed by atoms with Gasteiger partial charge < -0.3 is 9.84 Å². The molecular weight excluding hydrogens is 250 g/mol. The molecule has 1 saturated heterocycles. The van der Waals surface area contributed by atoms with Crippen LogP contribution >= 0.6 is 11.6 Å². The van der Waals surface area contributed by atoms with Crippen LogP contribution < -0.4 is 0 Å². The molecule has 1 fully saturated rings. The van der Waals surface area contributed by atoms with Gasteiger partial charge in [0.15, 0.2) is 0 Å². The highest BCUT2D eigenvalue weighted by Gasteiger charge is 2.20. The predicted octanol–water partition coefficient (Wildman–Crippen LogP) is 2.90. The van der Waals surface area contributed by atoms with Crippen LogP contribution in [0.5, 0.6) is 5.75 Å². The molecule has 0 atom stereocenters. The molecule has 1 aliphatic heterocycles. The van der Waals surface area contributed by atoms with E-state index in [1.54, 1.807) is 19.2 Å². The Morgan fingerprint density at radius 1 is 1.39 bits per heavy atom. The van der Waals surface area contributed by atoms with E-state index in [4.69, 9.17) is 16.3 Å². The van der Waals surface area contributed by atoms with Gasteiger partial charge >= 0.3 is 0 Å². The van der Waals surface area contributed by atoms with Crippen molar-refractivity contribution in [2.45, 2.75) is 19.4 Å². The maximum absolute atomic E-state index is 9.83. The number of phenolic OH excluding ortho intramolecular Hbond substituents is 1. The summed E-state index contributed by atoms with van der Waals surface area (Å²) in [6.07, 6.45) is 2.30. The van der Waals surface area contributed by atoms with Crippen LogP contribution in [0, 0.1) is 5.92 Å². The van der Waals surface area contributed by atoms with Crippen molar-refractivity contribution in [2.24, 2.45) is 5.92 Å². The van der Waals surface area contributed by atoms with Gasteiger partial charge in [-0.15, -0.1) is 0 Å². The Labute approximate surface area is 113 Å². The van der Waals surface area contributed by atoms with Gasteiger partial charge in [0, 0.05) is 30.8 Å². The van der Waals surface area contributed by atoms with Crippen molar-refractivity contribution in [1.82, 2.24) is 4.90 Å². The van der Waals surface area contributed by atoms with E-state index >= 15 is 0 Å². The molecule has 0 aliphatic carbocycles. The van der Waals surface area contributed by atoms with Crippen molar-refractivity contribution < 1.29 is 9.84 Å². The molecule has 18 heavy (non-hydrogen) atoms. The highest BCUT2D eigenvalue weighted by molar-refractivity contribution is 6.31. The van der Waals surface area contributed by atoms with E-state index < -0.39 is 0 Å². The monoisotopic (exact) mass is 269 g/mol. The smallest absolute Gasteiger partial charge is 0.121 e. The molecule has 2 rings (SSSR count). The van der Waals surface area contributed by atoms with Gasteiger partial charge in [0.1, 0.15) is 5.75 Å². The number of ether oxygens (including phenoxy) is 1. The van der Waals surface area contributed by atoms with Crippen LogP contribution in [0.25, 0.3) is 0 Å². The lowest BCUT2D eigenvalue weighted by Crippen LogP contribution is -2.34. The molecule has 0 spiro atoms. The number of nitrogens with zero attached hydrogens (tertiary/aromatic N) is 1. The summed E-state index contributed by atoms with van der Waals surface area (Å²) in [6.45, 7) is 3.66. The zero-order valence-electron chi connectivity index (χ0n) is 10.7. The zero-order chi connectivity index (χ0) is 13.0. The van der Waals surface area contributed by atoms with Crippen LogP contribution in [0.1, 0.15) is 18.4 Å². The highest BCUT2D eigenvalue weighted by atomic mass is 35.5. The lowest BCUT2D eigenvalue weighted by atomic mass is 9.97. The minimum Gasteiger partial charge on any atom is -0.508 e. The standard InChI is InChI=1S/C14H20ClNO2/c1-18-10-11-5-7-16(8-6-11)9-12-13(15)3-2-4-14(12)17/h2-4,11,17H,5-10H2,1H3. The lowest BCUT2D eigenvalue weighted by molar-refractivity contribution is 0.0965. The third-order valence-electron chi connectivity index (χ3n) is 3.59. The Morgan fingerprint density at radius 2 is 2.11 bits per heavy atom. The average Bonchev–Trinajstić information content (AvgIpc) is 2.36. The van der Waals surface area contributed by atoms with Crippen LogP contribution in [-0.4, -0.2) is 36.8 Å². The average molecular weight is 270 g/mol. The first-order valence-electron chi connectivity index (χ1n) is 6.38. The molecule has 1 heterocycles. The van der Waals surface area contributed by atoms with E-state index in [0.717, 1.165) is 44.6 Å². The van der Waals surface area contributed by atoms with Gasteiger partial charge in [0.05, 0.1) is 0 Å². The molecular formula is C14H20ClNO2. The molecule has 0 radical (unpaired) electrons. The summed E-state index contributed by atoms with van der Waals surface area (Å²) in [7, 11) is 1.76. The number of rotatable bonds is 4. The number of halogens is 1. The van der Waals surface area contributed by atoms with E-state index in [2.05, 4.69) is 4.90 Å². The van der Waals surface area contributed by atoms with Gasteiger partial charge in [-0.25, -0.2) is 0 Å². The molecule has 1 N–H and O–H groups in total. The van der Waals surface area contributed by atoms with Crippen LogP contribution in [-0.2, 0) is 11.3 Å². The first kappa shape index (κ1) is 13.7. The summed E-state index contributed by atoms with van der Waals surface area (Å²) < 4.78 is 5.19. The molecule has 3 nitrogen and oxygen atoms in total. The van der Waals surface area contributed by atoms with Crippen molar-refractivity contribution >= 4 is 11.6 Å². The second-order valence-electron chi connectivity index (χ2n) is 4.91. The van der Waals surface area contributed by atoms with Crippen LogP contribution in [0.4, 0.5) is 0 Å². The fourth-order valence-corrected chi connectivity index (χ4v) is 2.70. The molecule has 1 aromatic rings. The molecule has 0 bridgehead atoms. The first-order valence-corrected chi connectivity index (χ1v) is 6.76. The van der Waals surface area contributed by atoms with Gasteiger partial charge in [-0.1, -0.05) is 17.7 Å². The second-order valence-corrected chi connectivity index (χ2v) is 5.32. The third-order valence-corrected chi connectivity index (χ3v) is 3.94. The quantitative estimate of drug-likeness (QED) is 0.912. The van der Waals surface area contributed by atoms with Crippen molar-refractivity contribution in [3.05, 3.63) is 28.8 Å². The fraction of sp³-hybridized carbons (Fsp3) is 0.571. The normalized spacial score (nSPS) is 18.1. The Hall–Kier alpha value is -0.770. The number of hydrogen-bond donors (Lipinski definition) is 1. The number of likely N-dealkylation sites (tertiary alicyclic amines) is 1. The van der Waals surface area contributed by atoms with Gasteiger partial charge in [0.25, 0.3) is 0 Å². The minimum absolute atomic E-state index is 0.293. The molecule has 1 aliphatic rings. The van der Waals surface area contributed by atoms with E-state index in [-0.39, 0.29) is 0 Å². The Balaban J connectivity index is 1.92. The SMILES string of the molecule is COCC1CCN(Cc2c(O)cccc2Cl)CC1. The largest absolute Gasteiger partial charge is 0.508 e. The predicted molar refractivity (Wildman–Crippen MR) is 73.0 cm³/mol. The summed E-state index contributed by atoms with van der Waals surface area (Å²) in [5.74, 6) is 0.965. The number of phenols is 1. The summed E-state index contributed by atoms with van der Waals surface area (Å²) >= 11 is 6.12. The number of piperidine rings is 1. The van der Waals surface area contributed by atoms with Crippen molar-refractivity contribution in [3.63, 3.8) is 0 Å². The fourth-order valence-electron chi connectivity index (χ4n) is 2.47. The van der Waals surface area contributed by atoms with Gasteiger partial charge in [0.2, 0.25) is 0 Å². The number of benzene rings is 1. The van der Waals surface area contributed by atoms with Crippen molar-refractivity contribution in [1.29, 1.82) is 0 Å². The molecule has 0 saturated carbocycles. The number of methoxy groups -OCH3 is 1. The maximum atomic E-state index is 9.83. The van der Waals surface area contributed by atoms with Crippen LogP contribution in [0.15, 0.2) is 18.2 Å². The summed E-state index contributed by atoms with van der Waals surface area (Å²) in [6, 6.07) is 5.29. The van der Waals surface area contributed by atoms with E-state index in [9.17, 15) is 5.11 Å². The number of hydrogen-bond acceptors (Lipinski definition) is 3. The van der Waals surface area contributed by atoms with Crippen LogP contribution in [0.3, 0.4) is 0 Å². The second kappa shape index (κ2) is 6.41. The van der Waals surface area contributed by atoms with Crippen molar-refractivity contribution in [3.8, 4) is 5.75 Å². The zero-order valence-corrected chi connectivity index (χ0v) is 11.5. The molecule has 1 aromatic carbocycles. The Bertz CT molecular complexity index is 369. The van der Waals surface area contributed by atoms with Crippen molar-refractivity contribution in [2.75, 3.05) is 26.8 Å². The van der Waals surface area contributed by atoms with Crippen LogP contribution in [0.2, 0.25) is 5.02 Å². The molecule has 100 valence electrons.